The van der Waals surface area contributed by atoms with Crippen LogP contribution < -0.4 is 14.8 Å². The quantitative estimate of drug-likeness (QED) is 0.370. The number of aliphatic hydroxyl groups is 3. The predicted molar refractivity (Wildman–Crippen MR) is 121 cm³/mol. The number of carbonyl (C=O) groups is 2. The third kappa shape index (κ3) is 5.76. The van der Waals surface area contributed by atoms with Crippen LogP contribution in [0.15, 0.2) is 23.8 Å². The van der Waals surface area contributed by atoms with Gasteiger partial charge in [-0.3, -0.25) is 9.59 Å². The molecule has 0 bridgehead atoms. The van der Waals surface area contributed by atoms with E-state index in [1.165, 1.54) is 19.3 Å². The smallest absolute Gasteiger partial charge is 0.406 e. The Morgan fingerprint density at radius 1 is 1.25 bits per heavy atom. The van der Waals surface area contributed by atoms with Gasteiger partial charge in [-0.1, -0.05) is 13.3 Å². The molecule has 0 saturated heterocycles. The molecular weight excluding hydrogens is 485 g/mol. The molecule has 0 saturated carbocycles. The van der Waals surface area contributed by atoms with Crippen molar-refractivity contribution < 1.29 is 47.6 Å². The lowest BCUT2D eigenvalue weighted by Crippen LogP contribution is -2.57. The van der Waals surface area contributed by atoms with E-state index in [1.54, 1.807) is 13.0 Å². The van der Waals surface area contributed by atoms with Crippen molar-refractivity contribution in [2.75, 3.05) is 26.8 Å². The molecule has 1 aromatic rings. The largest absolute Gasteiger partial charge is 0.493 e. The van der Waals surface area contributed by atoms with E-state index >= 15 is 0 Å². The number of amides is 2. The average molecular weight is 517 g/mol. The van der Waals surface area contributed by atoms with Crippen LogP contribution in [0, 0.1) is 0 Å². The number of nitrogens with zero attached hydrogens (tertiary/aromatic N) is 1. The Hall–Kier alpha value is -2.83. The van der Waals surface area contributed by atoms with Crippen LogP contribution in [0.3, 0.4) is 0 Å². The van der Waals surface area contributed by atoms with E-state index in [1.807, 2.05) is 0 Å². The Morgan fingerprint density at radius 3 is 2.56 bits per heavy atom. The summed E-state index contributed by atoms with van der Waals surface area (Å²) in [6.07, 6.45) is -5.60. The minimum Gasteiger partial charge on any atom is -0.493 e. The Bertz CT molecular complexity index is 999. The van der Waals surface area contributed by atoms with Crippen LogP contribution in [0.5, 0.6) is 11.5 Å². The number of hydrogen-bond donors (Lipinski definition) is 4. The molecule has 0 unspecified atom stereocenters. The van der Waals surface area contributed by atoms with Gasteiger partial charge in [0.25, 0.3) is 0 Å². The number of carbonyl (C=O) groups excluding carboxylic acids is 2. The van der Waals surface area contributed by atoms with E-state index in [9.17, 15) is 33.0 Å². The summed E-state index contributed by atoms with van der Waals surface area (Å²) in [5, 5.41) is 32.5. The molecule has 3 rings (SSSR count). The molecule has 0 radical (unpaired) electrons. The molecular formula is C24H31F3N2O7. The van der Waals surface area contributed by atoms with E-state index < -0.39 is 48.7 Å². The number of unbranched alkanes of at least 4 members (excludes halogenated alkanes) is 1. The zero-order valence-electron chi connectivity index (χ0n) is 20.0. The molecule has 2 aliphatic rings. The van der Waals surface area contributed by atoms with Crippen LogP contribution in [0.25, 0.3) is 0 Å². The summed E-state index contributed by atoms with van der Waals surface area (Å²) in [5.74, 6) is -2.00. The number of alkyl halides is 3. The molecule has 1 heterocycles. The Kier molecular flexibility index (Phi) is 8.85. The monoisotopic (exact) mass is 516 g/mol. The van der Waals surface area contributed by atoms with Crippen molar-refractivity contribution in [1.29, 1.82) is 0 Å². The Labute approximate surface area is 206 Å². The molecule has 36 heavy (non-hydrogen) atoms. The second kappa shape index (κ2) is 11.5. The van der Waals surface area contributed by atoms with Gasteiger partial charge in [-0.05, 0) is 30.2 Å². The molecule has 12 heteroatoms. The molecule has 1 aromatic carbocycles. The normalized spacial score (nSPS) is 22.7. The van der Waals surface area contributed by atoms with Crippen molar-refractivity contribution in [2.24, 2.45) is 0 Å². The molecule has 4 N–H and O–H groups in total. The number of ether oxygens (including phenoxy) is 2. The molecule has 4 atom stereocenters. The van der Waals surface area contributed by atoms with Crippen LogP contribution in [-0.4, -0.2) is 83.3 Å². The number of methoxy groups -OCH3 is 1. The maximum Gasteiger partial charge on any atom is 0.406 e. The highest BCUT2D eigenvalue weighted by molar-refractivity contribution is 5.96. The first-order valence-electron chi connectivity index (χ1n) is 11.7. The number of aliphatic hydroxyl groups excluding tert-OH is 3. The first-order valence-corrected chi connectivity index (χ1v) is 11.7. The lowest BCUT2D eigenvalue weighted by Gasteiger charge is -2.41. The van der Waals surface area contributed by atoms with E-state index in [4.69, 9.17) is 14.6 Å². The number of hydrogen-bond acceptors (Lipinski definition) is 7. The van der Waals surface area contributed by atoms with E-state index in [0.717, 1.165) is 0 Å². The number of fused-ring (bicyclic) bond motifs is 3. The lowest BCUT2D eigenvalue weighted by atomic mass is 9.77. The average Bonchev–Trinajstić information content (AvgIpc) is 3.23. The Balaban J connectivity index is 2.13. The minimum absolute atomic E-state index is 0.0184. The highest BCUT2D eigenvalue weighted by Crippen LogP contribution is 2.51. The number of benzene rings is 1. The van der Waals surface area contributed by atoms with Crippen molar-refractivity contribution in [3.05, 3.63) is 34.9 Å². The van der Waals surface area contributed by atoms with E-state index in [2.05, 4.69) is 5.32 Å². The third-order valence-corrected chi connectivity index (χ3v) is 6.27. The van der Waals surface area contributed by atoms with Crippen LogP contribution in [0.2, 0.25) is 0 Å². The highest BCUT2D eigenvalue weighted by Gasteiger charge is 2.52. The summed E-state index contributed by atoms with van der Waals surface area (Å²) >= 11 is 0. The molecule has 2 amide bonds. The van der Waals surface area contributed by atoms with Crippen LogP contribution in [-0.2, 0) is 16.2 Å². The van der Waals surface area contributed by atoms with Crippen molar-refractivity contribution in [3.8, 4) is 11.5 Å². The van der Waals surface area contributed by atoms with E-state index in [-0.39, 0.29) is 43.3 Å². The summed E-state index contributed by atoms with van der Waals surface area (Å²) in [6.45, 7) is -0.655. The summed E-state index contributed by atoms with van der Waals surface area (Å²) < 4.78 is 51.7. The van der Waals surface area contributed by atoms with Gasteiger partial charge < -0.3 is 35.0 Å². The van der Waals surface area contributed by atoms with Crippen molar-refractivity contribution in [2.45, 2.75) is 63.1 Å². The van der Waals surface area contributed by atoms with Gasteiger partial charge in [0.2, 0.25) is 11.8 Å². The number of rotatable bonds is 10. The summed E-state index contributed by atoms with van der Waals surface area (Å²) in [7, 11) is 1.36. The van der Waals surface area contributed by atoms with Crippen LogP contribution in [0.1, 0.15) is 43.2 Å². The van der Waals surface area contributed by atoms with Gasteiger partial charge in [0.05, 0.1) is 32.3 Å². The summed E-state index contributed by atoms with van der Waals surface area (Å²) in [4.78, 5) is 26.5. The van der Waals surface area contributed by atoms with Crippen molar-refractivity contribution in [3.63, 3.8) is 0 Å². The topological polar surface area (TPSA) is 129 Å². The standard InChI is InChI=1S/C24H31F3N2O7/c1-3-4-5-18(32)29(12-24(25,26)27)16-10-15(23(34)28-6-7-30)19-14-8-13(11-31)9-17(35-2)21(14)36-22(19)20(16)33/h8-10,16,19-20,22,30-31,33H,3-7,11-12H2,1-2H3,(H,28,34)/t16-,19+,20+,22+/m1/s1. The zero-order valence-corrected chi connectivity index (χ0v) is 20.0. The second-order valence-electron chi connectivity index (χ2n) is 8.76. The molecule has 9 nitrogen and oxygen atoms in total. The van der Waals surface area contributed by atoms with Gasteiger partial charge in [0.1, 0.15) is 18.8 Å². The number of halogens is 3. The van der Waals surface area contributed by atoms with E-state index in [0.29, 0.717) is 28.9 Å². The first-order chi connectivity index (χ1) is 17.1. The zero-order chi connectivity index (χ0) is 26.6. The SMILES string of the molecule is CCCCC(=O)N(CC(F)(F)F)[C@@H]1C=C(C(=O)NCCO)[C@@H]2c3cc(CO)cc(OC)c3O[C@@H]2[C@H]1O. The fourth-order valence-corrected chi connectivity index (χ4v) is 4.64. The van der Waals surface area contributed by atoms with Crippen LogP contribution >= 0.6 is 0 Å². The fourth-order valence-electron chi connectivity index (χ4n) is 4.64. The molecule has 0 spiro atoms. The second-order valence-corrected chi connectivity index (χ2v) is 8.76. The Morgan fingerprint density at radius 2 is 1.97 bits per heavy atom. The maximum atomic E-state index is 13.5. The molecule has 1 aliphatic heterocycles. The molecule has 200 valence electrons. The number of nitrogens with one attached hydrogen (secondary N) is 1. The molecule has 1 aliphatic carbocycles. The van der Waals surface area contributed by atoms with Gasteiger partial charge in [-0.2, -0.15) is 13.2 Å². The highest BCUT2D eigenvalue weighted by atomic mass is 19.4. The van der Waals surface area contributed by atoms with Crippen molar-refractivity contribution >= 4 is 11.8 Å². The van der Waals surface area contributed by atoms with Gasteiger partial charge in [-0.15, -0.1) is 0 Å². The van der Waals surface area contributed by atoms with Gasteiger partial charge in [-0.25, -0.2) is 0 Å². The fraction of sp³-hybridized carbons (Fsp3) is 0.583. The van der Waals surface area contributed by atoms with Crippen molar-refractivity contribution in [1.82, 2.24) is 10.2 Å². The molecule has 0 fully saturated rings. The lowest BCUT2D eigenvalue weighted by molar-refractivity contribution is -0.170. The minimum atomic E-state index is -4.75. The molecule has 0 aromatic heterocycles. The van der Waals surface area contributed by atoms with Gasteiger partial charge in [0, 0.05) is 24.1 Å². The summed E-state index contributed by atoms with van der Waals surface area (Å²) in [5.41, 5.74) is 0.830. The van der Waals surface area contributed by atoms with Gasteiger partial charge in [0.15, 0.2) is 11.5 Å². The van der Waals surface area contributed by atoms with Gasteiger partial charge >= 0.3 is 6.18 Å². The summed E-state index contributed by atoms with van der Waals surface area (Å²) in [6, 6.07) is 1.59. The third-order valence-electron chi connectivity index (χ3n) is 6.27. The van der Waals surface area contributed by atoms with Crippen LogP contribution in [0.4, 0.5) is 13.2 Å². The predicted octanol–water partition coefficient (Wildman–Crippen LogP) is 1.39. The first kappa shape index (κ1) is 27.8. The maximum absolute atomic E-state index is 13.5.